The molecule has 3 rings (SSSR count). The molecule has 0 spiro atoms. The van der Waals surface area contributed by atoms with Crippen molar-refractivity contribution < 1.29 is 22.7 Å². The van der Waals surface area contributed by atoms with Gasteiger partial charge in [-0.25, -0.2) is 0 Å². The first kappa shape index (κ1) is 17.9. The molecule has 25 heavy (non-hydrogen) atoms. The lowest BCUT2D eigenvalue weighted by atomic mass is 10.1. The number of carbonyl (C=O) groups excluding carboxylic acids is 1. The molecule has 0 saturated carbocycles. The van der Waals surface area contributed by atoms with E-state index in [9.17, 15) is 18.0 Å². The minimum Gasteiger partial charge on any atom is -0.482 e. The van der Waals surface area contributed by atoms with E-state index in [0.717, 1.165) is 10.5 Å². The SMILES string of the molecule is O=C(Nc1cc(Cl)ccc1OCC(F)(F)F)[C@H]1Cc2ccccc2S1. The maximum absolute atomic E-state index is 12.5. The normalized spacial score (nSPS) is 16.4. The van der Waals surface area contributed by atoms with Crippen LogP contribution in [0.2, 0.25) is 5.02 Å². The van der Waals surface area contributed by atoms with Gasteiger partial charge >= 0.3 is 6.18 Å². The summed E-state index contributed by atoms with van der Waals surface area (Å²) in [4.78, 5) is 13.5. The van der Waals surface area contributed by atoms with E-state index in [1.807, 2.05) is 24.3 Å². The second kappa shape index (κ2) is 7.17. The van der Waals surface area contributed by atoms with Crippen molar-refractivity contribution in [2.75, 3.05) is 11.9 Å². The van der Waals surface area contributed by atoms with Gasteiger partial charge in [0.05, 0.1) is 10.9 Å². The molecule has 0 saturated heterocycles. The highest BCUT2D eigenvalue weighted by Crippen LogP contribution is 2.38. The number of halogens is 4. The average Bonchev–Trinajstić information content (AvgIpc) is 2.97. The van der Waals surface area contributed by atoms with Crippen LogP contribution < -0.4 is 10.1 Å². The number of carbonyl (C=O) groups is 1. The quantitative estimate of drug-likeness (QED) is 0.807. The predicted octanol–water partition coefficient (Wildman–Crippen LogP) is 4.94. The van der Waals surface area contributed by atoms with Crippen LogP contribution in [0.5, 0.6) is 5.75 Å². The van der Waals surface area contributed by atoms with Crippen molar-refractivity contribution in [1.82, 2.24) is 0 Å². The summed E-state index contributed by atoms with van der Waals surface area (Å²) in [6.07, 6.45) is -3.91. The molecule has 0 bridgehead atoms. The summed E-state index contributed by atoms with van der Waals surface area (Å²) in [5.74, 6) is -0.379. The number of rotatable bonds is 4. The zero-order chi connectivity index (χ0) is 18.0. The van der Waals surface area contributed by atoms with Crippen molar-refractivity contribution in [3.63, 3.8) is 0 Å². The summed E-state index contributed by atoms with van der Waals surface area (Å²) in [7, 11) is 0. The number of fused-ring (bicyclic) bond motifs is 1. The summed E-state index contributed by atoms with van der Waals surface area (Å²) < 4.78 is 41.9. The maximum atomic E-state index is 12.5. The summed E-state index contributed by atoms with van der Waals surface area (Å²) in [6, 6.07) is 11.8. The van der Waals surface area contributed by atoms with E-state index in [1.54, 1.807) is 0 Å². The number of benzene rings is 2. The van der Waals surface area contributed by atoms with Gasteiger partial charge in [0.1, 0.15) is 5.75 Å². The smallest absolute Gasteiger partial charge is 0.422 e. The molecule has 3 nitrogen and oxygen atoms in total. The maximum Gasteiger partial charge on any atom is 0.422 e. The van der Waals surface area contributed by atoms with Gasteiger partial charge in [-0.2, -0.15) is 13.2 Å². The van der Waals surface area contributed by atoms with Gasteiger partial charge in [-0.15, -0.1) is 11.8 Å². The van der Waals surface area contributed by atoms with Crippen LogP contribution in [-0.2, 0) is 11.2 Å². The molecular formula is C17H13ClF3NO2S. The van der Waals surface area contributed by atoms with Crippen LogP contribution >= 0.6 is 23.4 Å². The summed E-state index contributed by atoms with van der Waals surface area (Å²) in [6.45, 7) is -1.44. The monoisotopic (exact) mass is 387 g/mol. The molecule has 8 heteroatoms. The average molecular weight is 388 g/mol. The first-order chi connectivity index (χ1) is 11.8. The van der Waals surface area contributed by atoms with Crippen LogP contribution in [0, 0.1) is 0 Å². The van der Waals surface area contributed by atoms with Crippen molar-refractivity contribution in [1.29, 1.82) is 0 Å². The Kier molecular flexibility index (Phi) is 5.15. The first-order valence-corrected chi connectivity index (χ1v) is 8.62. The van der Waals surface area contributed by atoms with E-state index in [0.29, 0.717) is 6.42 Å². The Morgan fingerprint density at radius 1 is 1.28 bits per heavy atom. The number of ether oxygens (including phenoxy) is 1. The molecule has 0 radical (unpaired) electrons. The fraction of sp³-hybridized carbons (Fsp3) is 0.235. The van der Waals surface area contributed by atoms with Crippen LogP contribution in [0.15, 0.2) is 47.4 Å². The molecule has 0 aliphatic carbocycles. The van der Waals surface area contributed by atoms with Crippen LogP contribution in [0.3, 0.4) is 0 Å². The van der Waals surface area contributed by atoms with Crippen molar-refractivity contribution in [3.8, 4) is 5.75 Å². The van der Waals surface area contributed by atoms with Gasteiger partial charge in [-0.3, -0.25) is 4.79 Å². The fourth-order valence-electron chi connectivity index (χ4n) is 2.43. The Hall–Kier alpha value is -1.86. The molecule has 0 fully saturated rings. The molecule has 1 heterocycles. The molecule has 1 aliphatic rings. The lowest BCUT2D eigenvalue weighted by molar-refractivity contribution is -0.153. The summed E-state index contributed by atoms with van der Waals surface area (Å²) >= 11 is 7.31. The Labute approximate surface area is 151 Å². The van der Waals surface area contributed by atoms with E-state index in [1.165, 1.54) is 30.0 Å². The van der Waals surface area contributed by atoms with Crippen molar-refractivity contribution in [2.45, 2.75) is 22.7 Å². The van der Waals surface area contributed by atoms with Gasteiger partial charge in [-0.05, 0) is 36.2 Å². The number of anilines is 1. The van der Waals surface area contributed by atoms with E-state index in [-0.39, 0.29) is 27.6 Å². The van der Waals surface area contributed by atoms with Crippen molar-refractivity contribution >= 4 is 35.0 Å². The van der Waals surface area contributed by atoms with Crippen LogP contribution in [0.25, 0.3) is 0 Å². The zero-order valence-electron chi connectivity index (χ0n) is 12.8. The highest BCUT2D eigenvalue weighted by molar-refractivity contribution is 8.01. The summed E-state index contributed by atoms with van der Waals surface area (Å²) in [5.41, 5.74) is 1.20. The number of hydrogen-bond donors (Lipinski definition) is 1. The zero-order valence-corrected chi connectivity index (χ0v) is 14.3. The van der Waals surface area contributed by atoms with Gasteiger partial charge in [0, 0.05) is 9.92 Å². The van der Waals surface area contributed by atoms with E-state index in [4.69, 9.17) is 16.3 Å². The number of amides is 1. The molecular weight excluding hydrogens is 375 g/mol. The minimum absolute atomic E-state index is 0.0735. The number of hydrogen-bond acceptors (Lipinski definition) is 3. The van der Waals surface area contributed by atoms with Gasteiger partial charge in [0.2, 0.25) is 5.91 Å². The minimum atomic E-state index is -4.47. The third kappa shape index (κ3) is 4.61. The van der Waals surface area contributed by atoms with Gasteiger partial charge < -0.3 is 10.1 Å². The molecule has 0 unspecified atom stereocenters. The second-order valence-electron chi connectivity index (χ2n) is 5.45. The van der Waals surface area contributed by atoms with Gasteiger partial charge in [0.25, 0.3) is 0 Å². The topological polar surface area (TPSA) is 38.3 Å². The number of thioether (sulfide) groups is 1. The molecule has 1 atom stereocenters. The highest BCUT2D eigenvalue weighted by atomic mass is 35.5. The van der Waals surface area contributed by atoms with E-state index >= 15 is 0 Å². The Morgan fingerprint density at radius 3 is 2.76 bits per heavy atom. The molecule has 1 N–H and O–H groups in total. The van der Waals surface area contributed by atoms with Crippen LogP contribution in [-0.4, -0.2) is 23.9 Å². The second-order valence-corrected chi connectivity index (χ2v) is 7.13. The third-order valence-electron chi connectivity index (χ3n) is 3.53. The Morgan fingerprint density at radius 2 is 2.04 bits per heavy atom. The fourth-order valence-corrected chi connectivity index (χ4v) is 3.79. The molecule has 2 aromatic carbocycles. The molecule has 1 amide bonds. The largest absolute Gasteiger partial charge is 0.482 e. The first-order valence-electron chi connectivity index (χ1n) is 7.36. The van der Waals surface area contributed by atoms with Crippen molar-refractivity contribution in [3.05, 3.63) is 53.1 Å². The molecule has 132 valence electrons. The van der Waals surface area contributed by atoms with E-state index < -0.39 is 12.8 Å². The van der Waals surface area contributed by atoms with Gasteiger partial charge in [-0.1, -0.05) is 29.8 Å². The lowest BCUT2D eigenvalue weighted by Gasteiger charge is -2.16. The molecule has 0 aromatic heterocycles. The third-order valence-corrected chi connectivity index (χ3v) is 5.08. The predicted molar refractivity (Wildman–Crippen MR) is 91.4 cm³/mol. The standard InChI is InChI=1S/C17H13ClF3NO2S/c18-11-5-6-13(24-9-17(19,20)21)12(8-11)22-16(23)15-7-10-3-1-2-4-14(10)25-15/h1-6,8,15H,7,9H2,(H,22,23)/t15-/m1/s1. The van der Waals surface area contributed by atoms with Crippen LogP contribution in [0.4, 0.5) is 18.9 Å². The van der Waals surface area contributed by atoms with Crippen molar-refractivity contribution in [2.24, 2.45) is 0 Å². The number of nitrogens with one attached hydrogen (secondary N) is 1. The van der Waals surface area contributed by atoms with Gasteiger partial charge in [0.15, 0.2) is 6.61 Å². The number of alkyl halides is 3. The summed E-state index contributed by atoms with van der Waals surface area (Å²) in [5, 5.41) is 2.56. The highest BCUT2D eigenvalue weighted by Gasteiger charge is 2.30. The Bertz CT molecular complexity index is 773. The lowest BCUT2D eigenvalue weighted by Crippen LogP contribution is -2.25. The Balaban J connectivity index is 1.72. The van der Waals surface area contributed by atoms with E-state index in [2.05, 4.69) is 5.32 Å². The molecule has 2 aromatic rings. The molecule has 1 aliphatic heterocycles. The van der Waals surface area contributed by atoms with Crippen LogP contribution in [0.1, 0.15) is 5.56 Å².